The van der Waals surface area contributed by atoms with E-state index in [4.69, 9.17) is 4.74 Å². The van der Waals surface area contributed by atoms with Gasteiger partial charge in [0.15, 0.2) is 0 Å². The summed E-state index contributed by atoms with van der Waals surface area (Å²) in [6.07, 6.45) is 1.52. The van der Waals surface area contributed by atoms with Gasteiger partial charge in [0.1, 0.15) is 16.9 Å². The molecule has 0 bridgehead atoms. The van der Waals surface area contributed by atoms with Gasteiger partial charge in [-0.3, -0.25) is 9.88 Å². The van der Waals surface area contributed by atoms with E-state index in [0.29, 0.717) is 19.6 Å². The molecule has 0 unspecified atom stereocenters. The van der Waals surface area contributed by atoms with Gasteiger partial charge in [0.05, 0.1) is 23.8 Å². The molecule has 0 saturated carbocycles. The molecule has 4 rings (SSSR count). The van der Waals surface area contributed by atoms with Gasteiger partial charge in [-0.2, -0.15) is 0 Å². The lowest BCUT2D eigenvalue weighted by atomic mass is 10.2. The van der Waals surface area contributed by atoms with Crippen LogP contribution in [0.25, 0.3) is 21.9 Å². The molecular weight excluding hydrogens is 304 g/mol. The summed E-state index contributed by atoms with van der Waals surface area (Å²) in [5.41, 5.74) is 2.44. The molecule has 24 heavy (non-hydrogen) atoms. The first-order valence-corrected chi connectivity index (χ1v) is 8.13. The van der Waals surface area contributed by atoms with Crippen molar-refractivity contribution in [3.05, 3.63) is 36.3 Å². The molecule has 0 radical (unpaired) electrons. The van der Waals surface area contributed by atoms with E-state index in [0.717, 1.165) is 27.8 Å². The van der Waals surface area contributed by atoms with E-state index >= 15 is 0 Å². The highest BCUT2D eigenvalue weighted by molar-refractivity contribution is 6.02. The predicted molar refractivity (Wildman–Crippen MR) is 91.7 cm³/mol. The molecule has 2 aromatic heterocycles. The minimum absolute atomic E-state index is 0.288. The molecule has 6 nitrogen and oxygen atoms in total. The Balaban J connectivity index is 1.73. The summed E-state index contributed by atoms with van der Waals surface area (Å²) in [5.74, 6) is 0.875. The number of benzene rings is 1. The smallest absolute Gasteiger partial charge is 0.410 e. The van der Waals surface area contributed by atoms with E-state index in [-0.39, 0.29) is 6.09 Å². The summed E-state index contributed by atoms with van der Waals surface area (Å²) in [7, 11) is 0. The van der Waals surface area contributed by atoms with Gasteiger partial charge in [0.2, 0.25) is 0 Å². The first kappa shape index (κ1) is 14.9. The Morgan fingerprint density at radius 2 is 1.96 bits per heavy atom. The van der Waals surface area contributed by atoms with Crippen molar-refractivity contribution in [3.8, 4) is 0 Å². The third kappa shape index (κ3) is 2.48. The summed E-state index contributed by atoms with van der Waals surface area (Å²) in [4.78, 5) is 23.2. The van der Waals surface area contributed by atoms with Gasteiger partial charge in [-0.05, 0) is 26.8 Å². The maximum atomic E-state index is 12.3. The van der Waals surface area contributed by atoms with Gasteiger partial charge in [-0.25, -0.2) is 9.78 Å². The first-order valence-electron chi connectivity index (χ1n) is 8.13. The van der Waals surface area contributed by atoms with Crippen LogP contribution in [0.5, 0.6) is 0 Å². The molecule has 1 aromatic carbocycles. The number of nitrogens with zero attached hydrogens (tertiary/aromatic N) is 4. The molecule has 0 atom stereocenters. The molecule has 0 fully saturated rings. The van der Waals surface area contributed by atoms with Crippen molar-refractivity contribution >= 4 is 28.0 Å². The fraction of sp³-hybridized carbons (Fsp3) is 0.389. The SMILES string of the molecule is CC(C)(C)OC(=O)N1CCn2c(nc3cnc4ccccc4c32)C1. The molecule has 0 saturated heterocycles. The average Bonchev–Trinajstić information content (AvgIpc) is 2.91. The highest BCUT2D eigenvalue weighted by atomic mass is 16.6. The van der Waals surface area contributed by atoms with Crippen LogP contribution in [-0.4, -0.2) is 37.7 Å². The molecule has 0 spiro atoms. The number of imidazole rings is 1. The van der Waals surface area contributed by atoms with Crippen LogP contribution in [0.2, 0.25) is 0 Å². The topological polar surface area (TPSA) is 60.2 Å². The van der Waals surface area contributed by atoms with Gasteiger partial charge in [-0.15, -0.1) is 0 Å². The monoisotopic (exact) mass is 324 g/mol. The lowest BCUT2D eigenvalue weighted by Gasteiger charge is -2.30. The number of pyridine rings is 1. The van der Waals surface area contributed by atoms with Gasteiger partial charge < -0.3 is 9.30 Å². The second-order valence-corrected chi connectivity index (χ2v) is 7.09. The Kier molecular flexibility index (Phi) is 3.23. The van der Waals surface area contributed by atoms with Crippen LogP contribution in [0, 0.1) is 0 Å². The molecular formula is C18H20N4O2. The fourth-order valence-electron chi connectivity index (χ4n) is 3.12. The second kappa shape index (κ2) is 5.19. The van der Waals surface area contributed by atoms with Crippen LogP contribution in [0.3, 0.4) is 0 Å². The predicted octanol–water partition coefficient (Wildman–Crippen LogP) is 3.34. The molecule has 0 N–H and O–H groups in total. The molecule has 0 aliphatic carbocycles. The van der Waals surface area contributed by atoms with Crippen molar-refractivity contribution in [1.29, 1.82) is 0 Å². The number of fused-ring (bicyclic) bond motifs is 5. The number of para-hydroxylation sites is 1. The lowest BCUT2D eigenvalue weighted by molar-refractivity contribution is 0.0197. The van der Waals surface area contributed by atoms with Crippen LogP contribution >= 0.6 is 0 Å². The van der Waals surface area contributed by atoms with Crippen molar-refractivity contribution in [2.45, 2.75) is 39.5 Å². The van der Waals surface area contributed by atoms with Crippen LogP contribution in [0.15, 0.2) is 30.5 Å². The van der Waals surface area contributed by atoms with Gasteiger partial charge in [0.25, 0.3) is 0 Å². The Hall–Kier alpha value is -2.63. The number of carbonyl (C=O) groups excluding carboxylic acids is 1. The zero-order valence-electron chi connectivity index (χ0n) is 14.1. The van der Waals surface area contributed by atoms with E-state index in [9.17, 15) is 4.79 Å². The Morgan fingerprint density at radius 1 is 1.17 bits per heavy atom. The minimum atomic E-state index is -0.491. The molecule has 1 amide bonds. The molecule has 1 aliphatic heterocycles. The third-order valence-electron chi connectivity index (χ3n) is 4.14. The molecule has 124 valence electrons. The largest absolute Gasteiger partial charge is 0.444 e. The van der Waals surface area contributed by atoms with Crippen LogP contribution in [-0.2, 0) is 17.8 Å². The maximum absolute atomic E-state index is 12.3. The minimum Gasteiger partial charge on any atom is -0.444 e. The van der Waals surface area contributed by atoms with Crippen LogP contribution < -0.4 is 0 Å². The van der Waals surface area contributed by atoms with Gasteiger partial charge in [0, 0.05) is 18.5 Å². The van der Waals surface area contributed by atoms with Gasteiger partial charge >= 0.3 is 6.09 Å². The summed E-state index contributed by atoms with van der Waals surface area (Å²) >= 11 is 0. The standard InChI is InChI=1S/C18H20N4O2/c1-18(2,3)24-17(23)21-8-9-22-15(11-21)20-14-10-19-13-7-5-4-6-12(13)16(14)22/h4-7,10H,8-9,11H2,1-3H3. The number of rotatable bonds is 0. The number of ether oxygens (including phenoxy) is 1. The second-order valence-electron chi connectivity index (χ2n) is 7.09. The number of aromatic nitrogens is 3. The van der Waals surface area contributed by atoms with E-state index in [2.05, 4.69) is 20.6 Å². The Labute approximate surface area is 140 Å². The summed E-state index contributed by atoms with van der Waals surface area (Å²) in [6.45, 7) is 7.41. The first-order chi connectivity index (χ1) is 11.4. The zero-order valence-corrected chi connectivity index (χ0v) is 14.1. The van der Waals surface area contributed by atoms with Crippen LogP contribution in [0.1, 0.15) is 26.6 Å². The molecule has 3 heterocycles. The highest BCUT2D eigenvalue weighted by Crippen LogP contribution is 2.27. The van der Waals surface area contributed by atoms with E-state index < -0.39 is 5.60 Å². The summed E-state index contributed by atoms with van der Waals surface area (Å²) < 4.78 is 7.67. The fourth-order valence-corrected chi connectivity index (χ4v) is 3.12. The normalized spacial score (nSPS) is 14.9. The van der Waals surface area contributed by atoms with Crippen LogP contribution in [0.4, 0.5) is 4.79 Å². The van der Waals surface area contributed by atoms with E-state index in [1.165, 1.54) is 0 Å². The molecule has 6 heteroatoms. The van der Waals surface area contributed by atoms with Crippen molar-refractivity contribution < 1.29 is 9.53 Å². The summed E-state index contributed by atoms with van der Waals surface area (Å²) in [5, 5.41) is 1.10. The van der Waals surface area contributed by atoms with Crippen molar-refractivity contribution in [1.82, 2.24) is 19.4 Å². The van der Waals surface area contributed by atoms with Gasteiger partial charge in [-0.1, -0.05) is 18.2 Å². The lowest BCUT2D eigenvalue weighted by Crippen LogP contribution is -2.41. The van der Waals surface area contributed by atoms with Crippen molar-refractivity contribution in [2.24, 2.45) is 0 Å². The zero-order chi connectivity index (χ0) is 16.9. The number of carbonyl (C=O) groups is 1. The third-order valence-corrected chi connectivity index (χ3v) is 4.14. The van der Waals surface area contributed by atoms with Crippen molar-refractivity contribution in [2.75, 3.05) is 6.54 Å². The number of hydrogen-bond acceptors (Lipinski definition) is 4. The molecule has 1 aliphatic rings. The average molecular weight is 324 g/mol. The number of hydrogen-bond donors (Lipinski definition) is 0. The Morgan fingerprint density at radius 3 is 2.75 bits per heavy atom. The Bertz CT molecular complexity index is 939. The van der Waals surface area contributed by atoms with Crippen molar-refractivity contribution in [3.63, 3.8) is 0 Å². The van der Waals surface area contributed by atoms with E-state index in [1.54, 1.807) is 11.1 Å². The number of amides is 1. The highest BCUT2D eigenvalue weighted by Gasteiger charge is 2.28. The van der Waals surface area contributed by atoms with E-state index in [1.807, 2.05) is 39.0 Å². The maximum Gasteiger partial charge on any atom is 0.410 e. The molecule has 3 aromatic rings. The summed E-state index contributed by atoms with van der Waals surface area (Å²) in [6, 6.07) is 8.07. The quantitative estimate of drug-likeness (QED) is 0.636.